The number of para-hydroxylation sites is 2. The molecule has 0 fully saturated rings. The van der Waals surface area contributed by atoms with Crippen molar-refractivity contribution in [3.8, 4) is 0 Å². The van der Waals surface area contributed by atoms with Gasteiger partial charge in [0.15, 0.2) is 0 Å². The van der Waals surface area contributed by atoms with Crippen LogP contribution in [0, 0.1) is 0 Å². The molecule has 12 N–H and O–H groups in total. The Morgan fingerprint density at radius 1 is 0.620 bits per heavy atom. The van der Waals surface area contributed by atoms with Crippen molar-refractivity contribution in [2.45, 2.75) is 62.7 Å². The Kier molecular flexibility index (Phi) is 19.0. The van der Waals surface area contributed by atoms with Crippen molar-refractivity contribution in [1.82, 2.24) is 20.6 Å². The van der Waals surface area contributed by atoms with Gasteiger partial charge in [-0.3, -0.25) is 19.2 Å². The largest absolute Gasteiger partial charge is 1.00 e. The maximum Gasteiger partial charge on any atom is 1.00 e. The summed E-state index contributed by atoms with van der Waals surface area (Å²) >= 11 is 0. The first-order valence-electron chi connectivity index (χ1n) is 15.0. The van der Waals surface area contributed by atoms with Crippen molar-refractivity contribution in [2.24, 2.45) is 22.9 Å². The third kappa shape index (κ3) is 13.5. The number of hydrogen-bond donors (Lipinski definition) is 8. The molecule has 0 saturated carbocycles. The van der Waals surface area contributed by atoms with Gasteiger partial charge in [0.1, 0.15) is 0 Å². The average Bonchev–Trinajstić information content (AvgIpc) is 3.65. The van der Waals surface area contributed by atoms with Crippen molar-refractivity contribution in [3.63, 3.8) is 0 Å². The van der Waals surface area contributed by atoms with Crippen molar-refractivity contribution < 1.29 is 98.1 Å². The summed E-state index contributed by atoms with van der Waals surface area (Å²) in [5.41, 5.74) is 24.2. The number of aliphatic carboxylic acids is 2. The molecule has 4 aromatic rings. The number of nitrogens with one attached hydrogen (secondary N) is 4. The number of rotatable bonds is 16. The number of nitrogens with two attached hydrogens (primary N) is 4. The minimum atomic E-state index is -1.38. The van der Waals surface area contributed by atoms with Gasteiger partial charge >= 0.3 is 59.1 Å². The molecule has 0 aliphatic carbocycles. The number of carboxylic acids is 2. The molecule has 4 rings (SSSR count). The molecular formula is C32H38N8Na2O8. The van der Waals surface area contributed by atoms with E-state index in [2.05, 4.69) is 20.6 Å². The second-order valence-electron chi connectivity index (χ2n) is 11.1. The maximum absolute atomic E-state index is 11.9. The predicted molar refractivity (Wildman–Crippen MR) is 171 cm³/mol. The van der Waals surface area contributed by atoms with Crippen LogP contribution in [0.3, 0.4) is 0 Å². The number of primary amides is 2. The van der Waals surface area contributed by atoms with E-state index in [-0.39, 0.29) is 97.6 Å². The number of carboxylic acid groups (broad SMARTS) is 2. The van der Waals surface area contributed by atoms with E-state index >= 15 is 0 Å². The van der Waals surface area contributed by atoms with Crippen LogP contribution in [-0.2, 0) is 41.6 Å². The minimum Gasteiger partial charge on any atom is -0.548 e. The van der Waals surface area contributed by atoms with E-state index in [0.717, 1.165) is 32.9 Å². The molecule has 0 aliphatic heterocycles. The van der Waals surface area contributed by atoms with Crippen LogP contribution < -0.4 is 103 Å². The monoisotopic (exact) mass is 708 g/mol. The first kappa shape index (κ1) is 44.3. The number of hydrogen-bond acceptors (Lipinski definition) is 10. The third-order valence-corrected chi connectivity index (χ3v) is 7.53. The Morgan fingerprint density at radius 3 is 1.28 bits per heavy atom. The molecule has 16 nitrogen and oxygen atoms in total. The number of carbonyl (C=O) groups excluding carboxylic acids is 6. The number of carbonyl (C=O) groups is 6. The van der Waals surface area contributed by atoms with Crippen LogP contribution in [0.1, 0.15) is 36.8 Å². The molecule has 2 heterocycles. The second kappa shape index (κ2) is 21.5. The molecule has 50 heavy (non-hydrogen) atoms. The Labute approximate surface area is 331 Å². The van der Waals surface area contributed by atoms with Gasteiger partial charge in [0.05, 0.1) is 36.1 Å². The van der Waals surface area contributed by atoms with Gasteiger partial charge in [-0.1, -0.05) is 36.4 Å². The summed E-state index contributed by atoms with van der Waals surface area (Å²) in [5.74, 6) is -5.24. The topological polar surface area (TPSA) is 308 Å². The predicted octanol–water partition coefficient (Wildman–Crippen LogP) is -8.92. The first-order chi connectivity index (χ1) is 22.8. The molecular weight excluding hydrogens is 670 g/mol. The van der Waals surface area contributed by atoms with E-state index in [1.807, 2.05) is 48.5 Å². The van der Waals surface area contributed by atoms with Crippen LogP contribution in [0.4, 0.5) is 0 Å². The fraction of sp³-hybridized carbons (Fsp3) is 0.312. The van der Waals surface area contributed by atoms with Gasteiger partial charge in [0, 0.05) is 59.9 Å². The Hall–Kier alpha value is -3.74. The Balaban J connectivity index is 0.000000481. The van der Waals surface area contributed by atoms with Crippen molar-refractivity contribution in [1.29, 1.82) is 0 Å². The first-order valence-corrected chi connectivity index (χ1v) is 15.0. The zero-order valence-corrected chi connectivity index (χ0v) is 31.9. The number of fused-ring (bicyclic) bond motifs is 2. The third-order valence-electron chi connectivity index (χ3n) is 7.53. The van der Waals surface area contributed by atoms with Gasteiger partial charge in [0.25, 0.3) is 0 Å². The van der Waals surface area contributed by atoms with Gasteiger partial charge in [-0.05, 0) is 36.1 Å². The normalized spacial score (nSPS) is 12.8. The van der Waals surface area contributed by atoms with Gasteiger partial charge in [0.2, 0.25) is 23.6 Å². The fourth-order valence-electron chi connectivity index (χ4n) is 4.82. The number of benzene rings is 2. The Bertz CT molecular complexity index is 1650. The SMILES string of the molecule is NC(=O)[C@H](N)CCC(=O)N[C@@H](Cc1c[nH]c2ccccc12)C(=O)[O-].NC(=O)[C@H](N)CCC(=O)N[C@@H](Cc1c[nH]c2ccccc12)C(=O)[O-].[Na+].[Na+]. The summed E-state index contributed by atoms with van der Waals surface area (Å²) in [6.07, 6.45) is 3.48. The molecule has 256 valence electrons. The number of aromatic nitrogens is 2. The van der Waals surface area contributed by atoms with E-state index in [4.69, 9.17) is 22.9 Å². The summed E-state index contributed by atoms with van der Waals surface area (Å²) in [4.78, 5) is 74.1. The second-order valence-corrected chi connectivity index (χ2v) is 11.1. The van der Waals surface area contributed by atoms with Crippen molar-refractivity contribution in [3.05, 3.63) is 72.1 Å². The van der Waals surface area contributed by atoms with Crippen LogP contribution in [0.25, 0.3) is 21.8 Å². The number of amides is 4. The zero-order valence-electron chi connectivity index (χ0n) is 27.9. The molecule has 4 amide bonds. The van der Waals surface area contributed by atoms with E-state index in [1.165, 1.54) is 0 Å². The zero-order chi connectivity index (χ0) is 35.4. The summed E-state index contributed by atoms with van der Waals surface area (Å²) in [6.45, 7) is 0. The summed E-state index contributed by atoms with van der Waals surface area (Å²) in [6, 6.07) is 10.6. The molecule has 0 unspecified atom stereocenters. The molecule has 2 aromatic carbocycles. The van der Waals surface area contributed by atoms with Crippen molar-refractivity contribution >= 4 is 57.4 Å². The van der Waals surface area contributed by atoms with E-state index in [0.29, 0.717) is 0 Å². The van der Waals surface area contributed by atoms with Crippen molar-refractivity contribution in [2.75, 3.05) is 0 Å². The van der Waals surface area contributed by atoms with E-state index in [1.54, 1.807) is 12.4 Å². The molecule has 4 atom stereocenters. The van der Waals surface area contributed by atoms with Crippen LogP contribution in [0.5, 0.6) is 0 Å². The van der Waals surface area contributed by atoms with Crippen LogP contribution >= 0.6 is 0 Å². The average molecular weight is 709 g/mol. The van der Waals surface area contributed by atoms with E-state index in [9.17, 15) is 39.0 Å². The molecule has 0 aliphatic rings. The summed E-state index contributed by atoms with van der Waals surface area (Å²) in [5, 5.41) is 29.2. The standard InChI is InChI=1S/2C16H20N4O4.2Na/c2*17-11(15(18)22)5-6-14(21)20-13(16(23)24)7-9-8-19-12-4-2-1-3-10(9)12;;/h2*1-4,8,11,13,19H,5-7,17H2,(H2,18,22)(H,20,21)(H,23,24);;/q;;2*+1/p-2/t2*11-,13+;;/m11../s1. The number of H-pyrrole nitrogens is 2. The van der Waals surface area contributed by atoms with E-state index < -0.39 is 59.7 Å². The molecule has 18 heteroatoms. The minimum absolute atomic E-state index is 0. The summed E-state index contributed by atoms with van der Waals surface area (Å²) in [7, 11) is 0. The molecule has 0 saturated heterocycles. The van der Waals surface area contributed by atoms with Crippen LogP contribution in [0.2, 0.25) is 0 Å². The summed E-state index contributed by atoms with van der Waals surface area (Å²) < 4.78 is 0. The van der Waals surface area contributed by atoms with Crippen LogP contribution in [0.15, 0.2) is 60.9 Å². The van der Waals surface area contributed by atoms with Gasteiger partial charge in [-0.2, -0.15) is 0 Å². The molecule has 2 aromatic heterocycles. The van der Waals surface area contributed by atoms with Crippen LogP contribution in [-0.4, -0.2) is 69.7 Å². The molecule has 0 bridgehead atoms. The molecule has 0 radical (unpaired) electrons. The van der Waals surface area contributed by atoms with Gasteiger partial charge < -0.3 is 63.3 Å². The van der Waals surface area contributed by atoms with Gasteiger partial charge in [-0.15, -0.1) is 0 Å². The fourth-order valence-corrected chi connectivity index (χ4v) is 4.82. The Morgan fingerprint density at radius 2 is 0.960 bits per heavy atom. The smallest absolute Gasteiger partial charge is 0.548 e. The molecule has 0 spiro atoms. The maximum atomic E-state index is 11.9. The quantitative estimate of drug-likeness (QED) is 0.0508. The number of aromatic amines is 2. The van der Waals surface area contributed by atoms with Gasteiger partial charge in [-0.25, -0.2) is 0 Å².